The highest BCUT2D eigenvalue weighted by Gasteiger charge is 2.36. The quantitative estimate of drug-likeness (QED) is 0.352. The molecule has 3 rings (SSSR count). The summed E-state index contributed by atoms with van der Waals surface area (Å²) in [4.78, 5) is 18.0. The summed E-state index contributed by atoms with van der Waals surface area (Å²) in [6, 6.07) is 7.40. The topological polar surface area (TPSA) is 77.3 Å². The molecule has 1 aliphatic rings. The van der Waals surface area contributed by atoms with Crippen LogP contribution in [0.15, 0.2) is 24.3 Å². The Kier molecular flexibility index (Phi) is 9.19. The summed E-state index contributed by atoms with van der Waals surface area (Å²) in [6.07, 6.45) is 0. The van der Waals surface area contributed by atoms with Crippen LogP contribution in [0.4, 0.5) is 5.69 Å². The van der Waals surface area contributed by atoms with Gasteiger partial charge in [-0.25, -0.2) is 0 Å². The Balaban J connectivity index is 1.95. The van der Waals surface area contributed by atoms with Crippen LogP contribution in [0.1, 0.15) is 50.5 Å². The van der Waals surface area contributed by atoms with Gasteiger partial charge in [0.05, 0.1) is 17.9 Å². The number of hydrogen-bond acceptors (Lipinski definition) is 7. The van der Waals surface area contributed by atoms with Crippen molar-refractivity contribution < 1.29 is 19.0 Å². The maximum atomic E-state index is 13.5. The van der Waals surface area contributed by atoms with Gasteiger partial charge in [-0.1, -0.05) is 39.8 Å². The van der Waals surface area contributed by atoms with E-state index >= 15 is 0 Å². The Hall–Kier alpha value is -2.77. The second-order valence-electron chi connectivity index (χ2n) is 8.23. The van der Waals surface area contributed by atoms with Crippen molar-refractivity contribution in [1.29, 1.82) is 0 Å². The molecule has 0 atom stereocenters. The highest BCUT2D eigenvalue weighted by atomic mass is 16.5. The molecule has 2 N–H and O–H groups in total. The van der Waals surface area contributed by atoms with E-state index in [1.807, 2.05) is 31.2 Å². The molecule has 0 bridgehead atoms. The Morgan fingerprint density at radius 1 is 0.735 bits per heavy atom. The lowest BCUT2D eigenvalue weighted by molar-refractivity contribution is 0.104. The first kappa shape index (κ1) is 25.8. The number of fused-ring (bicyclic) bond motifs is 3. The van der Waals surface area contributed by atoms with E-state index in [0.717, 1.165) is 44.8 Å². The molecule has 7 nitrogen and oxygen atoms in total. The Morgan fingerprint density at radius 2 is 1.32 bits per heavy atom. The van der Waals surface area contributed by atoms with Crippen molar-refractivity contribution in [1.82, 2.24) is 9.80 Å². The largest absolute Gasteiger partial charge is 0.493 e. The second kappa shape index (κ2) is 12.1. The summed E-state index contributed by atoms with van der Waals surface area (Å²) in [5.41, 5.74) is 9.36. The number of nitrogens with zero attached hydrogens (tertiary/aromatic N) is 2. The molecule has 0 aromatic heterocycles. The first-order chi connectivity index (χ1) is 16.5. The fraction of sp³-hybridized carbons (Fsp3) is 0.519. The lowest BCUT2D eigenvalue weighted by Gasteiger charge is -2.21. The van der Waals surface area contributed by atoms with E-state index in [-0.39, 0.29) is 5.78 Å². The molecule has 0 spiro atoms. The Labute approximate surface area is 203 Å². The van der Waals surface area contributed by atoms with Crippen LogP contribution in [-0.2, 0) is 0 Å². The summed E-state index contributed by atoms with van der Waals surface area (Å²) < 4.78 is 18.2. The van der Waals surface area contributed by atoms with Crippen molar-refractivity contribution in [3.05, 3.63) is 35.4 Å². The van der Waals surface area contributed by atoms with Crippen LogP contribution in [0, 0.1) is 0 Å². The van der Waals surface area contributed by atoms with Crippen LogP contribution >= 0.6 is 0 Å². The summed E-state index contributed by atoms with van der Waals surface area (Å²) in [5, 5.41) is 0. The Bertz CT molecular complexity index is 984. The molecule has 186 valence electrons. The number of nitrogens with two attached hydrogens (primary N) is 1. The van der Waals surface area contributed by atoms with Crippen LogP contribution < -0.4 is 19.9 Å². The molecule has 0 fully saturated rings. The van der Waals surface area contributed by atoms with Gasteiger partial charge in [-0.15, -0.1) is 0 Å². The minimum Gasteiger partial charge on any atom is -0.493 e. The number of rotatable bonds is 14. The highest BCUT2D eigenvalue weighted by molar-refractivity contribution is 6.26. The molecule has 0 unspecified atom stereocenters. The van der Waals surface area contributed by atoms with E-state index < -0.39 is 0 Å². The van der Waals surface area contributed by atoms with Gasteiger partial charge in [0.15, 0.2) is 5.78 Å². The molecule has 0 saturated carbocycles. The van der Waals surface area contributed by atoms with Gasteiger partial charge in [0.1, 0.15) is 30.5 Å². The third-order valence-electron chi connectivity index (χ3n) is 6.46. The summed E-state index contributed by atoms with van der Waals surface area (Å²) in [6.45, 7) is 17.4. The van der Waals surface area contributed by atoms with E-state index in [1.54, 1.807) is 0 Å². The minimum absolute atomic E-state index is 0.119. The Morgan fingerprint density at radius 3 is 1.88 bits per heavy atom. The summed E-state index contributed by atoms with van der Waals surface area (Å²) in [7, 11) is 0. The van der Waals surface area contributed by atoms with Crippen molar-refractivity contribution in [2.75, 3.05) is 64.8 Å². The van der Waals surface area contributed by atoms with Crippen molar-refractivity contribution in [2.45, 2.75) is 34.6 Å². The van der Waals surface area contributed by atoms with Gasteiger partial charge in [-0.3, -0.25) is 4.79 Å². The zero-order valence-corrected chi connectivity index (χ0v) is 21.3. The van der Waals surface area contributed by atoms with E-state index in [9.17, 15) is 4.79 Å². The first-order valence-electron chi connectivity index (χ1n) is 12.5. The number of ether oxygens (including phenoxy) is 3. The number of ketones is 1. The maximum absolute atomic E-state index is 13.5. The third-order valence-corrected chi connectivity index (χ3v) is 6.46. The molecule has 2 aromatic carbocycles. The van der Waals surface area contributed by atoms with Crippen LogP contribution in [0.2, 0.25) is 0 Å². The zero-order chi connectivity index (χ0) is 24.7. The van der Waals surface area contributed by atoms with E-state index in [0.29, 0.717) is 59.4 Å². The molecule has 2 aromatic rings. The van der Waals surface area contributed by atoms with Gasteiger partial charge >= 0.3 is 0 Å². The van der Waals surface area contributed by atoms with Crippen molar-refractivity contribution in [3.8, 4) is 28.4 Å². The molecule has 0 heterocycles. The predicted octanol–water partition coefficient (Wildman–Crippen LogP) is 4.32. The molecule has 0 radical (unpaired) electrons. The van der Waals surface area contributed by atoms with Gasteiger partial charge in [-0.2, -0.15) is 0 Å². The van der Waals surface area contributed by atoms with Crippen LogP contribution in [0.5, 0.6) is 17.2 Å². The highest BCUT2D eigenvalue weighted by Crippen LogP contribution is 2.51. The van der Waals surface area contributed by atoms with Crippen LogP contribution in [-0.4, -0.2) is 74.7 Å². The lowest BCUT2D eigenvalue weighted by atomic mass is 10.0. The summed E-state index contributed by atoms with van der Waals surface area (Å²) in [5.74, 6) is 1.63. The van der Waals surface area contributed by atoms with Gasteiger partial charge in [0.25, 0.3) is 0 Å². The molecular weight excluding hydrogens is 430 g/mol. The van der Waals surface area contributed by atoms with E-state index in [4.69, 9.17) is 19.9 Å². The number of hydrogen-bond donors (Lipinski definition) is 1. The monoisotopic (exact) mass is 469 g/mol. The molecule has 7 heteroatoms. The van der Waals surface area contributed by atoms with Crippen LogP contribution in [0.25, 0.3) is 11.1 Å². The smallest absolute Gasteiger partial charge is 0.196 e. The second-order valence-corrected chi connectivity index (χ2v) is 8.23. The fourth-order valence-corrected chi connectivity index (χ4v) is 4.41. The van der Waals surface area contributed by atoms with Crippen molar-refractivity contribution in [3.63, 3.8) is 0 Å². The average Bonchev–Trinajstić information content (AvgIpc) is 3.16. The summed E-state index contributed by atoms with van der Waals surface area (Å²) >= 11 is 0. The van der Waals surface area contributed by atoms with E-state index in [2.05, 4.69) is 37.5 Å². The number of likely N-dealkylation sites (N-methyl/N-ethyl adjacent to an activating group) is 2. The molecular formula is C27H39N3O4. The first-order valence-corrected chi connectivity index (χ1v) is 12.5. The molecule has 1 aliphatic carbocycles. The standard InChI is InChI=1S/C27H39N3O4/c1-6-29(7-2)14-16-33-20-13-11-12-19-23(20)24-21(32-10-5)18-22(26(28)25(24)27(19)31)34-17-15-30(8-3)9-4/h11-13,18H,6-10,14-17,28H2,1-5H3. The zero-order valence-electron chi connectivity index (χ0n) is 21.3. The normalized spacial score (nSPS) is 12.3. The SMILES string of the molecule is CCOc1cc(OCCN(CC)CC)c(N)c2c1-c1c(OCCN(CC)CC)cccc1C2=O. The number of carbonyl (C=O) groups is 1. The van der Waals surface area contributed by atoms with Gasteiger partial charge in [-0.05, 0) is 39.2 Å². The van der Waals surface area contributed by atoms with Gasteiger partial charge < -0.3 is 29.7 Å². The van der Waals surface area contributed by atoms with Crippen molar-refractivity contribution >= 4 is 11.5 Å². The number of nitrogen functional groups attached to an aromatic ring is 1. The number of anilines is 1. The van der Waals surface area contributed by atoms with Crippen LogP contribution in [0.3, 0.4) is 0 Å². The average molecular weight is 470 g/mol. The lowest BCUT2D eigenvalue weighted by Crippen LogP contribution is -2.28. The number of carbonyl (C=O) groups excluding carboxylic acids is 1. The van der Waals surface area contributed by atoms with Gasteiger partial charge in [0.2, 0.25) is 0 Å². The van der Waals surface area contributed by atoms with Crippen molar-refractivity contribution in [2.24, 2.45) is 0 Å². The predicted molar refractivity (Wildman–Crippen MR) is 137 cm³/mol. The minimum atomic E-state index is -0.119. The fourth-order valence-electron chi connectivity index (χ4n) is 4.41. The number of benzene rings is 2. The maximum Gasteiger partial charge on any atom is 0.196 e. The van der Waals surface area contributed by atoms with Gasteiger partial charge in [0, 0.05) is 35.8 Å². The van der Waals surface area contributed by atoms with E-state index in [1.165, 1.54) is 0 Å². The molecule has 0 saturated heterocycles. The molecule has 0 aliphatic heterocycles. The molecule has 34 heavy (non-hydrogen) atoms. The molecule has 0 amide bonds. The third kappa shape index (κ3) is 5.31.